The highest BCUT2D eigenvalue weighted by Gasteiger charge is 2.45. The molecule has 0 unspecified atom stereocenters. The molecule has 0 N–H and O–H groups in total. The van der Waals surface area contributed by atoms with Gasteiger partial charge in [0.2, 0.25) is 0 Å². The van der Waals surface area contributed by atoms with Gasteiger partial charge in [0.25, 0.3) is 0 Å². The van der Waals surface area contributed by atoms with Gasteiger partial charge >= 0.3 is 6.18 Å². The molecule has 0 saturated carbocycles. The molecule has 2 aliphatic rings. The molecule has 2 aliphatic heterocycles. The molecule has 2 saturated heterocycles. The maximum atomic E-state index is 13.5. The standard InChI is InChI=1S/C23H26F3N5O/c1-21(2,3)20-28-18(30-9-8-22(11-30)12-32-13-22)17-19(29-20)31(14-27-17)10-15-6-4-5-7-16(15)23(24,25)26/h4-7,14H,8-13H2,1-3H3. The van der Waals surface area contributed by atoms with E-state index < -0.39 is 11.7 Å². The summed E-state index contributed by atoms with van der Waals surface area (Å²) in [6.07, 6.45) is -1.82. The molecule has 2 aromatic heterocycles. The van der Waals surface area contributed by atoms with Gasteiger partial charge < -0.3 is 14.2 Å². The van der Waals surface area contributed by atoms with Crippen LogP contribution in [0.2, 0.25) is 0 Å². The van der Waals surface area contributed by atoms with E-state index in [0.717, 1.165) is 44.6 Å². The molecule has 3 aromatic rings. The Kier molecular flexibility index (Phi) is 4.74. The van der Waals surface area contributed by atoms with Crippen LogP contribution >= 0.6 is 0 Å². The molecule has 1 aromatic carbocycles. The predicted molar refractivity (Wildman–Crippen MR) is 115 cm³/mol. The summed E-state index contributed by atoms with van der Waals surface area (Å²) in [5.74, 6) is 1.41. The van der Waals surface area contributed by atoms with Crippen molar-refractivity contribution >= 4 is 17.0 Å². The molecule has 4 heterocycles. The number of hydrogen-bond donors (Lipinski definition) is 0. The summed E-state index contributed by atoms with van der Waals surface area (Å²) in [4.78, 5) is 16.4. The topological polar surface area (TPSA) is 56.1 Å². The minimum Gasteiger partial charge on any atom is -0.380 e. The fraction of sp³-hybridized carbons (Fsp3) is 0.522. The van der Waals surface area contributed by atoms with E-state index in [0.29, 0.717) is 17.0 Å². The normalized spacial score (nSPS) is 18.5. The summed E-state index contributed by atoms with van der Waals surface area (Å²) in [5.41, 5.74) is 0.580. The summed E-state index contributed by atoms with van der Waals surface area (Å²) in [6, 6.07) is 5.64. The third kappa shape index (κ3) is 3.62. The van der Waals surface area contributed by atoms with Crippen molar-refractivity contribution in [1.29, 1.82) is 0 Å². The number of aromatic nitrogens is 4. The number of rotatable bonds is 3. The van der Waals surface area contributed by atoms with E-state index in [2.05, 4.69) is 9.88 Å². The molecule has 2 fully saturated rings. The van der Waals surface area contributed by atoms with E-state index in [1.165, 1.54) is 12.1 Å². The molecule has 5 rings (SSSR count). The van der Waals surface area contributed by atoms with Crippen molar-refractivity contribution in [2.45, 2.75) is 45.3 Å². The number of benzene rings is 1. The monoisotopic (exact) mass is 445 g/mol. The number of nitrogens with zero attached hydrogens (tertiary/aromatic N) is 5. The molecule has 32 heavy (non-hydrogen) atoms. The Morgan fingerprint density at radius 3 is 2.47 bits per heavy atom. The smallest absolute Gasteiger partial charge is 0.380 e. The van der Waals surface area contributed by atoms with Crippen LogP contribution in [0.1, 0.15) is 44.1 Å². The van der Waals surface area contributed by atoms with Crippen molar-refractivity contribution in [1.82, 2.24) is 19.5 Å². The number of hydrogen-bond acceptors (Lipinski definition) is 5. The Balaban J connectivity index is 1.59. The lowest BCUT2D eigenvalue weighted by atomic mass is 9.85. The zero-order valence-corrected chi connectivity index (χ0v) is 18.4. The average molecular weight is 445 g/mol. The third-order valence-electron chi connectivity index (χ3n) is 6.33. The van der Waals surface area contributed by atoms with Crippen LogP contribution in [0.5, 0.6) is 0 Å². The van der Waals surface area contributed by atoms with E-state index in [4.69, 9.17) is 14.7 Å². The first-order chi connectivity index (χ1) is 15.1. The van der Waals surface area contributed by atoms with Crippen LogP contribution in [0.25, 0.3) is 11.2 Å². The van der Waals surface area contributed by atoms with E-state index in [1.807, 2.05) is 20.8 Å². The first-order valence-electron chi connectivity index (χ1n) is 10.8. The number of halogens is 3. The number of ether oxygens (including phenoxy) is 1. The lowest BCUT2D eigenvalue weighted by molar-refractivity contribution is -0.138. The van der Waals surface area contributed by atoms with Crippen molar-refractivity contribution in [3.8, 4) is 0 Å². The van der Waals surface area contributed by atoms with Gasteiger partial charge in [0.05, 0.1) is 31.6 Å². The van der Waals surface area contributed by atoms with Crippen LogP contribution in [0, 0.1) is 5.41 Å². The first kappa shape index (κ1) is 21.2. The summed E-state index contributed by atoms with van der Waals surface area (Å²) in [6.45, 7) is 9.33. The lowest BCUT2D eigenvalue weighted by Gasteiger charge is -2.37. The Morgan fingerprint density at radius 1 is 1.09 bits per heavy atom. The summed E-state index contributed by atoms with van der Waals surface area (Å²) >= 11 is 0. The van der Waals surface area contributed by atoms with Gasteiger partial charge in [0.1, 0.15) is 5.82 Å². The van der Waals surface area contributed by atoms with Gasteiger partial charge in [-0.25, -0.2) is 15.0 Å². The van der Waals surface area contributed by atoms with Gasteiger partial charge in [-0.3, -0.25) is 0 Å². The number of anilines is 1. The van der Waals surface area contributed by atoms with Crippen molar-refractivity contribution in [3.05, 3.63) is 47.5 Å². The zero-order chi connectivity index (χ0) is 22.7. The quantitative estimate of drug-likeness (QED) is 0.598. The average Bonchev–Trinajstić information content (AvgIpc) is 3.31. The van der Waals surface area contributed by atoms with Gasteiger partial charge in [0.15, 0.2) is 17.0 Å². The molecule has 9 heteroatoms. The Morgan fingerprint density at radius 2 is 1.84 bits per heavy atom. The molecule has 1 spiro atoms. The second kappa shape index (κ2) is 7.16. The third-order valence-corrected chi connectivity index (χ3v) is 6.33. The van der Waals surface area contributed by atoms with Crippen LogP contribution in [-0.4, -0.2) is 45.8 Å². The fourth-order valence-corrected chi connectivity index (χ4v) is 4.46. The Bertz CT molecular complexity index is 1160. The van der Waals surface area contributed by atoms with Gasteiger partial charge in [-0.15, -0.1) is 0 Å². The van der Waals surface area contributed by atoms with E-state index in [1.54, 1.807) is 17.0 Å². The van der Waals surface area contributed by atoms with Crippen LogP contribution in [0.4, 0.5) is 19.0 Å². The summed E-state index contributed by atoms with van der Waals surface area (Å²) in [5, 5.41) is 0. The molecule has 0 amide bonds. The minimum absolute atomic E-state index is 0.0317. The van der Waals surface area contributed by atoms with E-state index in [-0.39, 0.29) is 22.9 Å². The number of imidazole rings is 1. The number of alkyl halides is 3. The van der Waals surface area contributed by atoms with Crippen molar-refractivity contribution in [3.63, 3.8) is 0 Å². The predicted octanol–water partition coefficient (Wildman–Crippen LogP) is 4.42. The summed E-state index contributed by atoms with van der Waals surface area (Å²) < 4.78 is 47.7. The first-order valence-corrected chi connectivity index (χ1v) is 10.8. The SMILES string of the molecule is CC(C)(C)c1nc(N2CCC3(COC3)C2)c2ncn(Cc3ccccc3C(F)(F)F)c2n1. The second-order valence-electron chi connectivity index (χ2n) is 9.98. The maximum absolute atomic E-state index is 13.5. The maximum Gasteiger partial charge on any atom is 0.416 e. The zero-order valence-electron chi connectivity index (χ0n) is 18.4. The van der Waals surface area contributed by atoms with Gasteiger partial charge in [0, 0.05) is 23.9 Å². The molecule has 0 aliphatic carbocycles. The van der Waals surface area contributed by atoms with E-state index >= 15 is 0 Å². The fourth-order valence-electron chi connectivity index (χ4n) is 4.46. The minimum atomic E-state index is -4.42. The molecular weight excluding hydrogens is 419 g/mol. The molecule has 6 nitrogen and oxygen atoms in total. The van der Waals surface area contributed by atoms with Crippen molar-refractivity contribution in [2.75, 3.05) is 31.2 Å². The molecule has 0 radical (unpaired) electrons. The molecule has 170 valence electrons. The summed E-state index contributed by atoms with van der Waals surface area (Å²) in [7, 11) is 0. The molecular formula is C23H26F3N5O. The highest BCUT2D eigenvalue weighted by atomic mass is 19.4. The van der Waals surface area contributed by atoms with Crippen LogP contribution in [0.15, 0.2) is 30.6 Å². The Labute approximate surface area is 184 Å². The van der Waals surface area contributed by atoms with E-state index in [9.17, 15) is 13.2 Å². The highest BCUT2D eigenvalue weighted by Crippen LogP contribution is 2.41. The van der Waals surface area contributed by atoms with Crippen LogP contribution in [0.3, 0.4) is 0 Å². The van der Waals surface area contributed by atoms with Gasteiger partial charge in [-0.05, 0) is 18.1 Å². The molecule has 0 atom stereocenters. The van der Waals surface area contributed by atoms with Gasteiger partial charge in [-0.1, -0.05) is 39.0 Å². The number of fused-ring (bicyclic) bond motifs is 1. The van der Waals surface area contributed by atoms with Crippen LogP contribution in [-0.2, 0) is 22.9 Å². The second-order valence-corrected chi connectivity index (χ2v) is 9.98. The van der Waals surface area contributed by atoms with Crippen molar-refractivity contribution < 1.29 is 17.9 Å². The largest absolute Gasteiger partial charge is 0.416 e. The lowest BCUT2D eigenvalue weighted by Crippen LogP contribution is -2.44. The van der Waals surface area contributed by atoms with Crippen molar-refractivity contribution in [2.24, 2.45) is 5.41 Å². The Hall–Kier alpha value is -2.68. The molecule has 0 bridgehead atoms. The van der Waals surface area contributed by atoms with Crippen LogP contribution < -0.4 is 4.90 Å². The van der Waals surface area contributed by atoms with Gasteiger partial charge in [-0.2, -0.15) is 13.2 Å². The highest BCUT2D eigenvalue weighted by molar-refractivity contribution is 5.84.